The van der Waals surface area contributed by atoms with E-state index in [-0.39, 0.29) is 12.6 Å². The standard InChI is InChI=1S/C19H21NO/c1-2-16-9-6-10-17-11-12-20(19(16)17)18(14-21)13-15-7-4-3-5-8-15/h3-12,18,21H,2,13-14H2,1H3. The van der Waals surface area contributed by atoms with Gasteiger partial charge in [-0.25, -0.2) is 0 Å². The number of aromatic nitrogens is 1. The van der Waals surface area contributed by atoms with Crippen LogP contribution in [-0.2, 0) is 12.8 Å². The lowest BCUT2D eigenvalue weighted by atomic mass is 10.0. The first kappa shape index (κ1) is 13.9. The van der Waals surface area contributed by atoms with Gasteiger partial charge in [-0.3, -0.25) is 0 Å². The van der Waals surface area contributed by atoms with Crippen LogP contribution in [0.1, 0.15) is 24.1 Å². The molecule has 2 nitrogen and oxygen atoms in total. The predicted octanol–water partition coefficient (Wildman–Crippen LogP) is 3.98. The molecule has 0 spiro atoms. The second-order valence-electron chi connectivity index (χ2n) is 5.46. The van der Waals surface area contributed by atoms with Crippen LogP contribution in [0.2, 0.25) is 0 Å². The van der Waals surface area contributed by atoms with Crippen molar-refractivity contribution >= 4 is 10.9 Å². The van der Waals surface area contributed by atoms with Gasteiger partial charge in [-0.05, 0) is 35.4 Å². The van der Waals surface area contributed by atoms with Crippen molar-refractivity contribution in [3.05, 3.63) is 71.9 Å². The Morgan fingerprint density at radius 2 is 1.81 bits per heavy atom. The number of hydrogen-bond acceptors (Lipinski definition) is 1. The molecule has 108 valence electrons. The van der Waals surface area contributed by atoms with Gasteiger partial charge in [0.05, 0.1) is 18.2 Å². The monoisotopic (exact) mass is 279 g/mol. The van der Waals surface area contributed by atoms with Crippen molar-refractivity contribution in [2.75, 3.05) is 6.61 Å². The van der Waals surface area contributed by atoms with Crippen molar-refractivity contribution in [1.82, 2.24) is 4.57 Å². The minimum absolute atomic E-state index is 0.0811. The number of rotatable bonds is 5. The fourth-order valence-electron chi connectivity index (χ4n) is 3.02. The molecule has 21 heavy (non-hydrogen) atoms. The summed E-state index contributed by atoms with van der Waals surface area (Å²) < 4.78 is 2.24. The quantitative estimate of drug-likeness (QED) is 0.751. The van der Waals surface area contributed by atoms with Crippen LogP contribution in [0.5, 0.6) is 0 Å². The fourth-order valence-corrected chi connectivity index (χ4v) is 3.02. The first-order valence-corrected chi connectivity index (χ1v) is 7.56. The summed E-state index contributed by atoms with van der Waals surface area (Å²) in [4.78, 5) is 0. The van der Waals surface area contributed by atoms with Crippen molar-refractivity contribution in [3.8, 4) is 0 Å². The van der Waals surface area contributed by atoms with Gasteiger partial charge in [-0.15, -0.1) is 0 Å². The van der Waals surface area contributed by atoms with E-state index >= 15 is 0 Å². The van der Waals surface area contributed by atoms with Crippen LogP contribution in [0, 0.1) is 0 Å². The second-order valence-corrected chi connectivity index (χ2v) is 5.46. The minimum atomic E-state index is 0.0811. The molecule has 3 aromatic rings. The van der Waals surface area contributed by atoms with E-state index in [4.69, 9.17) is 0 Å². The number of nitrogens with zero attached hydrogens (tertiary/aromatic N) is 1. The molecule has 0 amide bonds. The third kappa shape index (κ3) is 2.72. The first-order valence-electron chi connectivity index (χ1n) is 7.56. The van der Waals surface area contributed by atoms with Crippen molar-refractivity contribution in [1.29, 1.82) is 0 Å². The molecule has 2 heteroatoms. The van der Waals surface area contributed by atoms with Gasteiger partial charge >= 0.3 is 0 Å². The van der Waals surface area contributed by atoms with Gasteiger partial charge in [0.25, 0.3) is 0 Å². The summed E-state index contributed by atoms with van der Waals surface area (Å²) in [5.74, 6) is 0. The van der Waals surface area contributed by atoms with Gasteiger partial charge < -0.3 is 9.67 Å². The number of fused-ring (bicyclic) bond motifs is 1. The van der Waals surface area contributed by atoms with Crippen LogP contribution in [-0.4, -0.2) is 16.3 Å². The molecule has 2 aromatic carbocycles. The van der Waals surface area contributed by atoms with E-state index in [0.717, 1.165) is 12.8 Å². The summed E-state index contributed by atoms with van der Waals surface area (Å²) in [6.45, 7) is 2.33. The number of hydrogen-bond donors (Lipinski definition) is 1. The maximum absolute atomic E-state index is 9.86. The van der Waals surface area contributed by atoms with Crippen LogP contribution in [0.3, 0.4) is 0 Å². The van der Waals surface area contributed by atoms with E-state index in [1.54, 1.807) is 0 Å². The van der Waals surface area contributed by atoms with E-state index in [9.17, 15) is 5.11 Å². The average molecular weight is 279 g/mol. The normalized spacial score (nSPS) is 12.7. The van der Waals surface area contributed by atoms with Gasteiger partial charge in [-0.1, -0.05) is 55.5 Å². The number of aryl methyl sites for hydroxylation is 1. The second kappa shape index (κ2) is 6.15. The summed E-state index contributed by atoms with van der Waals surface area (Å²) in [7, 11) is 0. The van der Waals surface area contributed by atoms with Gasteiger partial charge in [0.15, 0.2) is 0 Å². The Labute approximate surface area is 125 Å². The molecule has 0 radical (unpaired) electrons. The highest BCUT2D eigenvalue weighted by Crippen LogP contribution is 2.26. The molecule has 1 heterocycles. The highest BCUT2D eigenvalue weighted by molar-refractivity contribution is 5.83. The van der Waals surface area contributed by atoms with Gasteiger partial charge in [0, 0.05) is 6.20 Å². The molecule has 0 saturated carbocycles. The zero-order valence-corrected chi connectivity index (χ0v) is 12.4. The van der Waals surface area contributed by atoms with Crippen molar-refractivity contribution in [2.45, 2.75) is 25.8 Å². The molecule has 0 fully saturated rings. The van der Waals surface area contributed by atoms with Crippen LogP contribution >= 0.6 is 0 Å². The maximum atomic E-state index is 9.86. The smallest absolute Gasteiger partial charge is 0.0642 e. The van der Waals surface area contributed by atoms with Crippen molar-refractivity contribution < 1.29 is 5.11 Å². The van der Waals surface area contributed by atoms with E-state index in [2.05, 4.69) is 66.2 Å². The lowest BCUT2D eigenvalue weighted by Crippen LogP contribution is -2.15. The lowest BCUT2D eigenvalue weighted by Gasteiger charge is -2.19. The topological polar surface area (TPSA) is 25.2 Å². The molecular formula is C19H21NO. The third-order valence-corrected chi connectivity index (χ3v) is 4.12. The van der Waals surface area contributed by atoms with E-state index in [0.29, 0.717) is 0 Å². The third-order valence-electron chi connectivity index (χ3n) is 4.12. The summed E-state index contributed by atoms with van der Waals surface area (Å²) in [6, 6.07) is 19.0. The van der Waals surface area contributed by atoms with Crippen molar-refractivity contribution in [2.24, 2.45) is 0 Å². The molecule has 0 aliphatic heterocycles. The van der Waals surface area contributed by atoms with Gasteiger partial charge in [0.2, 0.25) is 0 Å². The number of aliphatic hydroxyl groups excluding tert-OH is 1. The number of para-hydroxylation sites is 1. The Kier molecular flexibility index (Phi) is 4.07. The zero-order chi connectivity index (χ0) is 14.7. The Hall–Kier alpha value is -2.06. The molecule has 3 rings (SSSR count). The van der Waals surface area contributed by atoms with Gasteiger partial charge in [-0.2, -0.15) is 0 Å². The predicted molar refractivity (Wildman–Crippen MR) is 87.6 cm³/mol. The minimum Gasteiger partial charge on any atom is -0.394 e. The molecule has 0 saturated heterocycles. The number of aliphatic hydroxyl groups is 1. The molecule has 0 bridgehead atoms. The maximum Gasteiger partial charge on any atom is 0.0642 e. The summed E-state index contributed by atoms with van der Waals surface area (Å²) >= 11 is 0. The molecule has 1 atom stereocenters. The Balaban J connectivity index is 2.01. The van der Waals surface area contributed by atoms with E-state index < -0.39 is 0 Å². The Bertz CT molecular complexity index is 715. The fraction of sp³-hybridized carbons (Fsp3) is 0.263. The van der Waals surface area contributed by atoms with E-state index in [1.807, 2.05) is 6.07 Å². The molecule has 1 N–H and O–H groups in total. The summed E-state index contributed by atoms with van der Waals surface area (Å²) in [5, 5.41) is 11.1. The highest BCUT2D eigenvalue weighted by Gasteiger charge is 2.14. The molecule has 1 unspecified atom stereocenters. The first-order chi connectivity index (χ1) is 10.3. The summed E-state index contributed by atoms with van der Waals surface area (Å²) in [6.07, 6.45) is 3.96. The lowest BCUT2D eigenvalue weighted by molar-refractivity contribution is 0.230. The molecule has 1 aromatic heterocycles. The zero-order valence-electron chi connectivity index (χ0n) is 12.4. The van der Waals surface area contributed by atoms with Crippen LogP contribution < -0.4 is 0 Å². The van der Waals surface area contributed by atoms with Gasteiger partial charge in [0.1, 0.15) is 0 Å². The van der Waals surface area contributed by atoms with Crippen LogP contribution in [0.4, 0.5) is 0 Å². The number of benzene rings is 2. The highest BCUT2D eigenvalue weighted by atomic mass is 16.3. The van der Waals surface area contributed by atoms with Crippen molar-refractivity contribution in [3.63, 3.8) is 0 Å². The average Bonchev–Trinajstić information content (AvgIpc) is 2.97. The molecular weight excluding hydrogens is 258 g/mol. The van der Waals surface area contributed by atoms with Crippen LogP contribution in [0.25, 0.3) is 10.9 Å². The Morgan fingerprint density at radius 1 is 1.00 bits per heavy atom. The largest absolute Gasteiger partial charge is 0.394 e. The SMILES string of the molecule is CCc1cccc2ccn(C(CO)Cc3ccccc3)c12. The van der Waals surface area contributed by atoms with E-state index in [1.165, 1.54) is 22.0 Å². The molecule has 0 aliphatic carbocycles. The molecule has 0 aliphatic rings. The summed E-state index contributed by atoms with van der Waals surface area (Å²) in [5.41, 5.74) is 3.85. The Morgan fingerprint density at radius 3 is 2.52 bits per heavy atom. The van der Waals surface area contributed by atoms with Crippen LogP contribution in [0.15, 0.2) is 60.8 Å².